The third-order valence-electron chi connectivity index (χ3n) is 4.11. The van der Waals surface area contributed by atoms with Gasteiger partial charge in [-0.3, -0.25) is 14.9 Å². The maximum absolute atomic E-state index is 11.4. The molecule has 0 saturated carbocycles. The summed E-state index contributed by atoms with van der Waals surface area (Å²) in [5, 5.41) is 11.2. The van der Waals surface area contributed by atoms with E-state index in [2.05, 4.69) is 11.8 Å². The van der Waals surface area contributed by atoms with Crippen LogP contribution in [0.1, 0.15) is 43.5 Å². The molecule has 0 radical (unpaired) electrons. The molecular formula is C15H20N2O3. The molecule has 20 heavy (non-hydrogen) atoms. The van der Waals surface area contributed by atoms with Gasteiger partial charge in [0.25, 0.3) is 5.69 Å². The lowest BCUT2D eigenvalue weighted by atomic mass is 9.94. The summed E-state index contributed by atoms with van der Waals surface area (Å²) in [5.74, 6) is 0.575. The monoisotopic (exact) mass is 276 g/mol. The second-order valence-corrected chi connectivity index (χ2v) is 5.36. The summed E-state index contributed by atoms with van der Waals surface area (Å²) < 4.78 is 0. The molecule has 0 N–H and O–H groups in total. The van der Waals surface area contributed by atoms with E-state index in [4.69, 9.17) is 0 Å². The zero-order chi connectivity index (χ0) is 14.7. The second-order valence-electron chi connectivity index (χ2n) is 5.36. The second kappa shape index (κ2) is 6.03. The van der Waals surface area contributed by atoms with Crippen LogP contribution < -0.4 is 4.90 Å². The number of nitro benzene ring substituents is 1. The zero-order valence-electron chi connectivity index (χ0n) is 12.0. The number of piperidine rings is 1. The summed E-state index contributed by atoms with van der Waals surface area (Å²) in [6.45, 7) is 5.30. The summed E-state index contributed by atoms with van der Waals surface area (Å²) in [4.78, 5) is 24.2. The summed E-state index contributed by atoms with van der Waals surface area (Å²) >= 11 is 0. The van der Waals surface area contributed by atoms with E-state index in [0.717, 1.165) is 31.8 Å². The van der Waals surface area contributed by atoms with Gasteiger partial charge in [0.1, 0.15) is 5.69 Å². The Morgan fingerprint density at radius 1 is 1.40 bits per heavy atom. The van der Waals surface area contributed by atoms with E-state index >= 15 is 0 Å². The Hall–Kier alpha value is -1.91. The number of ketones is 1. The van der Waals surface area contributed by atoms with Crippen LogP contribution >= 0.6 is 0 Å². The Morgan fingerprint density at radius 2 is 2.05 bits per heavy atom. The number of carbonyl (C=O) groups is 1. The minimum absolute atomic E-state index is 0.0349. The molecule has 1 aromatic carbocycles. The van der Waals surface area contributed by atoms with Crippen molar-refractivity contribution in [2.24, 2.45) is 5.92 Å². The standard InChI is InChI=1S/C15H20N2O3/c1-3-12-6-8-16(9-7-12)14-5-4-13(11(2)18)10-15(14)17(19)20/h4-5,10,12H,3,6-9H2,1-2H3. The Morgan fingerprint density at radius 3 is 2.55 bits per heavy atom. The first kappa shape index (κ1) is 14.5. The van der Waals surface area contributed by atoms with Crippen LogP contribution in [-0.2, 0) is 0 Å². The van der Waals surface area contributed by atoms with Gasteiger partial charge >= 0.3 is 0 Å². The third-order valence-corrected chi connectivity index (χ3v) is 4.11. The molecule has 0 aromatic heterocycles. The molecule has 1 aliphatic heterocycles. The van der Waals surface area contributed by atoms with E-state index in [1.165, 1.54) is 19.4 Å². The summed E-state index contributed by atoms with van der Waals surface area (Å²) in [7, 11) is 0. The summed E-state index contributed by atoms with van der Waals surface area (Å²) in [6.07, 6.45) is 3.31. The number of hydrogen-bond donors (Lipinski definition) is 0. The molecule has 0 unspecified atom stereocenters. The van der Waals surface area contributed by atoms with Crippen LogP contribution in [0.5, 0.6) is 0 Å². The molecule has 0 bridgehead atoms. The van der Waals surface area contributed by atoms with E-state index in [1.807, 2.05) is 0 Å². The summed E-state index contributed by atoms with van der Waals surface area (Å²) in [6, 6.07) is 4.78. The topological polar surface area (TPSA) is 63.5 Å². The van der Waals surface area contributed by atoms with Gasteiger partial charge in [-0.25, -0.2) is 0 Å². The zero-order valence-corrected chi connectivity index (χ0v) is 12.0. The molecule has 1 fully saturated rings. The highest BCUT2D eigenvalue weighted by molar-refractivity contribution is 5.95. The Labute approximate surface area is 118 Å². The largest absolute Gasteiger partial charge is 0.366 e. The lowest BCUT2D eigenvalue weighted by Crippen LogP contribution is -2.33. The maximum Gasteiger partial charge on any atom is 0.293 e. The van der Waals surface area contributed by atoms with Crippen LogP contribution in [0.2, 0.25) is 0 Å². The fraction of sp³-hybridized carbons (Fsp3) is 0.533. The number of benzene rings is 1. The van der Waals surface area contributed by atoms with E-state index in [0.29, 0.717) is 11.3 Å². The van der Waals surface area contributed by atoms with Crippen LogP contribution in [0.15, 0.2) is 18.2 Å². The Bertz CT molecular complexity index is 520. The van der Waals surface area contributed by atoms with E-state index in [-0.39, 0.29) is 11.5 Å². The normalized spacial score (nSPS) is 16.2. The Balaban J connectivity index is 2.27. The molecule has 2 rings (SSSR count). The highest BCUT2D eigenvalue weighted by Gasteiger charge is 2.24. The van der Waals surface area contributed by atoms with E-state index in [1.54, 1.807) is 12.1 Å². The molecule has 0 aliphatic carbocycles. The van der Waals surface area contributed by atoms with Crippen molar-refractivity contribution in [3.8, 4) is 0 Å². The molecule has 1 aliphatic rings. The van der Waals surface area contributed by atoms with Gasteiger partial charge in [0.15, 0.2) is 5.78 Å². The first-order chi connectivity index (χ1) is 9.52. The fourth-order valence-corrected chi connectivity index (χ4v) is 2.74. The average Bonchev–Trinajstić information content (AvgIpc) is 2.46. The average molecular weight is 276 g/mol. The van der Waals surface area contributed by atoms with Crippen LogP contribution in [-0.4, -0.2) is 23.8 Å². The molecule has 1 heterocycles. The van der Waals surface area contributed by atoms with Crippen molar-refractivity contribution in [1.29, 1.82) is 0 Å². The van der Waals surface area contributed by atoms with Gasteiger partial charge in [0.2, 0.25) is 0 Å². The van der Waals surface area contributed by atoms with Crippen LogP contribution in [0.4, 0.5) is 11.4 Å². The maximum atomic E-state index is 11.4. The number of anilines is 1. The van der Waals surface area contributed by atoms with Crippen molar-refractivity contribution < 1.29 is 9.72 Å². The molecule has 108 valence electrons. The van der Waals surface area contributed by atoms with Crippen molar-refractivity contribution in [1.82, 2.24) is 0 Å². The summed E-state index contributed by atoms with van der Waals surface area (Å²) in [5.41, 5.74) is 1.06. The minimum atomic E-state index is -0.395. The number of hydrogen-bond acceptors (Lipinski definition) is 4. The van der Waals surface area contributed by atoms with Gasteiger partial charge in [-0.15, -0.1) is 0 Å². The molecule has 0 atom stereocenters. The van der Waals surface area contributed by atoms with Gasteiger partial charge in [0.05, 0.1) is 4.92 Å². The van der Waals surface area contributed by atoms with Crippen LogP contribution in [0.25, 0.3) is 0 Å². The fourth-order valence-electron chi connectivity index (χ4n) is 2.74. The molecule has 5 nitrogen and oxygen atoms in total. The highest BCUT2D eigenvalue weighted by Crippen LogP contribution is 2.33. The minimum Gasteiger partial charge on any atom is -0.366 e. The van der Waals surface area contributed by atoms with E-state index < -0.39 is 4.92 Å². The smallest absolute Gasteiger partial charge is 0.293 e. The van der Waals surface area contributed by atoms with Gasteiger partial charge in [-0.05, 0) is 37.8 Å². The lowest BCUT2D eigenvalue weighted by Gasteiger charge is -2.32. The van der Waals surface area contributed by atoms with Crippen molar-refractivity contribution in [3.05, 3.63) is 33.9 Å². The predicted octanol–water partition coefficient (Wildman–Crippen LogP) is 3.42. The van der Waals surface area contributed by atoms with Crippen molar-refractivity contribution in [2.45, 2.75) is 33.1 Å². The van der Waals surface area contributed by atoms with E-state index in [9.17, 15) is 14.9 Å². The number of rotatable bonds is 4. The molecule has 5 heteroatoms. The quantitative estimate of drug-likeness (QED) is 0.480. The molecule has 1 aromatic rings. The van der Waals surface area contributed by atoms with Gasteiger partial charge in [0, 0.05) is 24.7 Å². The molecule has 0 amide bonds. The number of nitrogens with zero attached hydrogens (tertiary/aromatic N) is 2. The molecule has 0 spiro atoms. The molecular weight excluding hydrogens is 256 g/mol. The highest BCUT2D eigenvalue weighted by atomic mass is 16.6. The van der Waals surface area contributed by atoms with Crippen molar-refractivity contribution in [3.63, 3.8) is 0 Å². The van der Waals surface area contributed by atoms with Gasteiger partial charge < -0.3 is 4.90 Å². The molecule has 1 saturated heterocycles. The number of Topliss-reactive ketones (excluding diaryl/α,β-unsaturated/α-hetero) is 1. The van der Waals surface area contributed by atoms with Gasteiger partial charge in [-0.2, -0.15) is 0 Å². The SMILES string of the molecule is CCC1CCN(c2ccc(C(C)=O)cc2[N+](=O)[O-])CC1. The van der Waals surface area contributed by atoms with Gasteiger partial charge in [-0.1, -0.05) is 13.3 Å². The van der Waals surface area contributed by atoms with Crippen molar-refractivity contribution in [2.75, 3.05) is 18.0 Å². The Kier molecular flexibility index (Phi) is 4.37. The number of nitro groups is 1. The number of carbonyl (C=O) groups excluding carboxylic acids is 1. The first-order valence-corrected chi connectivity index (χ1v) is 7.07. The van der Waals surface area contributed by atoms with Crippen molar-refractivity contribution >= 4 is 17.2 Å². The predicted molar refractivity (Wildman–Crippen MR) is 78.3 cm³/mol. The van der Waals surface area contributed by atoms with Crippen LogP contribution in [0.3, 0.4) is 0 Å². The third kappa shape index (κ3) is 2.98. The first-order valence-electron chi connectivity index (χ1n) is 7.07. The lowest BCUT2D eigenvalue weighted by molar-refractivity contribution is -0.384. The van der Waals surface area contributed by atoms with Crippen LogP contribution in [0, 0.1) is 16.0 Å².